The van der Waals surface area contributed by atoms with Gasteiger partial charge in [0.25, 0.3) is 0 Å². The number of hydrogen-bond donors (Lipinski definition) is 0. The Morgan fingerprint density at radius 3 is 1.88 bits per heavy atom. The van der Waals surface area contributed by atoms with E-state index in [4.69, 9.17) is 0 Å². The van der Waals surface area contributed by atoms with Crippen LogP contribution in [0.3, 0.4) is 0 Å². The standard InChI is InChI=1S/C9H10.C5H8.C2H6/c1-3-9-7-5-4-6-8(9)2;1-3-5-4-2;1-2/h3-7H,2H2,1H3;3-5H,1H2,2H3;1-2H3/b9-3-;5-4-;. The third kappa shape index (κ3) is 9.01. The van der Waals surface area contributed by atoms with Crippen LogP contribution in [0.15, 0.2) is 49.1 Å². The van der Waals surface area contributed by atoms with Gasteiger partial charge in [0.15, 0.2) is 0 Å². The zero-order valence-electron chi connectivity index (χ0n) is 11.0. The molecule has 0 aliphatic carbocycles. The van der Waals surface area contributed by atoms with E-state index in [1.165, 1.54) is 5.22 Å². The van der Waals surface area contributed by atoms with Gasteiger partial charge >= 0.3 is 0 Å². The molecule has 0 radical (unpaired) electrons. The average molecular weight is 216 g/mol. The van der Waals surface area contributed by atoms with Crippen molar-refractivity contribution in [2.45, 2.75) is 27.7 Å². The van der Waals surface area contributed by atoms with Crippen molar-refractivity contribution in [1.82, 2.24) is 0 Å². The van der Waals surface area contributed by atoms with Gasteiger partial charge in [0.2, 0.25) is 0 Å². The van der Waals surface area contributed by atoms with E-state index in [1.807, 2.05) is 58.0 Å². The number of rotatable bonds is 1. The van der Waals surface area contributed by atoms with Gasteiger partial charge in [0, 0.05) is 0 Å². The second-order valence-electron chi connectivity index (χ2n) is 2.75. The summed E-state index contributed by atoms with van der Waals surface area (Å²) in [4.78, 5) is 0. The second-order valence-corrected chi connectivity index (χ2v) is 2.75. The lowest BCUT2D eigenvalue weighted by molar-refractivity contribution is 1.50. The Balaban J connectivity index is 0. The third-order valence-corrected chi connectivity index (χ3v) is 1.69. The molecule has 0 atom stereocenters. The van der Waals surface area contributed by atoms with Gasteiger partial charge in [0.05, 0.1) is 0 Å². The molecule has 0 N–H and O–H groups in total. The molecule has 0 aliphatic heterocycles. The van der Waals surface area contributed by atoms with Gasteiger partial charge in [-0.25, -0.2) is 0 Å². The Hall–Kier alpha value is -1.56. The molecule has 1 aromatic rings. The fraction of sp³-hybridized carbons (Fsp3) is 0.250. The van der Waals surface area contributed by atoms with E-state index in [-0.39, 0.29) is 0 Å². The smallest absolute Gasteiger partial charge is 0.0233 e. The Kier molecular flexibility index (Phi) is 14.2. The summed E-state index contributed by atoms with van der Waals surface area (Å²) in [5.41, 5.74) is 0. The molecule has 0 aromatic heterocycles. The van der Waals surface area contributed by atoms with Gasteiger partial charge in [-0.1, -0.05) is 75.6 Å². The molecule has 0 amide bonds. The molecule has 0 heteroatoms. The van der Waals surface area contributed by atoms with E-state index < -0.39 is 0 Å². The van der Waals surface area contributed by atoms with Gasteiger partial charge in [-0.2, -0.15) is 0 Å². The summed E-state index contributed by atoms with van der Waals surface area (Å²) in [6, 6.07) is 8.08. The van der Waals surface area contributed by atoms with Crippen LogP contribution in [0.5, 0.6) is 0 Å². The Morgan fingerprint density at radius 1 is 1.06 bits per heavy atom. The number of allylic oxidation sites excluding steroid dienone is 3. The molecule has 0 aliphatic rings. The van der Waals surface area contributed by atoms with Crippen LogP contribution in [0.2, 0.25) is 0 Å². The molecular weight excluding hydrogens is 192 g/mol. The molecule has 1 aromatic carbocycles. The monoisotopic (exact) mass is 216 g/mol. The normalized spacial score (nSPS) is 9.88. The van der Waals surface area contributed by atoms with Crippen molar-refractivity contribution in [3.8, 4) is 0 Å². The first-order valence-electron chi connectivity index (χ1n) is 5.70. The second kappa shape index (κ2) is 13.4. The lowest BCUT2D eigenvalue weighted by Crippen LogP contribution is -2.20. The third-order valence-electron chi connectivity index (χ3n) is 1.69. The fourth-order valence-corrected chi connectivity index (χ4v) is 0.952. The van der Waals surface area contributed by atoms with Crippen LogP contribution in [0.1, 0.15) is 27.7 Å². The molecule has 88 valence electrons. The van der Waals surface area contributed by atoms with E-state index in [0.29, 0.717) is 0 Å². The van der Waals surface area contributed by atoms with E-state index in [1.54, 1.807) is 6.08 Å². The fourth-order valence-electron chi connectivity index (χ4n) is 0.952. The van der Waals surface area contributed by atoms with E-state index in [9.17, 15) is 0 Å². The molecular formula is C16H24. The highest BCUT2D eigenvalue weighted by molar-refractivity contribution is 5.23. The van der Waals surface area contributed by atoms with Crippen LogP contribution in [0, 0.1) is 0 Å². The van der Waals surface area contributed by atoms with Crippen LogP contribution in [0.25, 0.3) is 12.7 Å². The van der Waals surface area contributed by atoms with Crippen molar-refractivity contribution < 1.29 is 0 Å². The Bertz CT molecular complexity index is 383. The highest BCUT2D eigenvalue weighted by Gasteiger charge is 1.74. The predicted octanol–water partition coefficient (Wildman–Crippen LogP) is 3.67. The highest BCUT2D eigenvalue weighted by Crippen LogP contribution is 1.68. The van der Waals surface area contributed by atoms with Crippen molar-refractivity contribution in [2.75, 3.05) is 0 Å². The van der Waals surface area contributed by atoms with Crippen LogP contribution in [0.4, 0.5) is 0 Å². The molecule has 1 rings (SSSR count). The Labute approximate surface area is 100 Å². The van der Waals surface area contributed by atoms with Crippen LogP contribution in [-0.4, -0.2) is 0 Å². The summed E-state index contributed by atoms with van der Waals surface area (Å²) < 4.78 is 0. The molecule has 0 bridgehead atoms. The lowest BCUT2D eigenvalue weighted by Gasteiger charge is -1.82. The van der Waals surface area contributed by atoms with Crippen LogP contribution < -0.4 is 10.4 Å². The van der Waals surface area contributed by atoms with E-state index >= 15 is 0 Å². The first-order valence-corrected chi connectivity index (χ1v) is 5.70. The van der Waals surface area contributed by atoms with Gasteiger partial charge in [-0.05, 0) is 24.3 Å². The quantitative estimate of drug-likeness (QED) is 0.628. The summed E-state index contributed by atoms with van der Waals surface area (Å²) in [6.07, 6.45) is 7.63. The predicted molar refractivity (Wildman–Crippen MR) is 77.7 cm³/mol. The average Bonchev–Trinajstić information content (AvgIpc) is 2.34. The zero-order valence-corrected chi connectivity index (χ0v) is 11.0. The maximum atomic E-state index is 3.86. The molecule has 0 fully saturated rings. The SMILES string of the molecule is C=C/C=C\C.C=c1cccc/c1=C/C.CC. The molecule has 16 heavy (non-hydrogen) atoms. The first-order chi connectivity index (χ1) is 7.76. The van der Waals surface area contributed by atoms with E-state index in [2.05, 4.69) is 25.3 Å². The molecule has 0 unspecified atom stereocenters. The maximum absolute atomic E-state index is 3.86. The van der Waals surface area contributed by atoms with Crippen molar-refractivity contribution in [1.29, 1.82) is 0 Å². The summed E-state index contributed by atoms with van der Waals surface area (Å²) >= 11 is 0. The summed E-state index contributed by atoms with van der Waals surface area (Å²) in [7, 11) is 0. The van der Waals surface area contributed by atoms with Gasteiger partial charge in [-0.3, -0.25) is 0 Å². The summed E-state index contributed by atoms with van der Waals surface area (Å²) in [6.45, 7) is 15.3. The minimum atomic E-state index is 1.10. The highest BCUT2D eigenvalue weighted by atomic mass is 13.8. The lowest BCUT2D eigenvalue weighted by atomic mass is 10.2. The summed E-state index contributed by atoms with van der Waals surface area (Å²) in [5, 5.41) is 2.32. The van der Waals surface area contributed by atoms with Crippen molar-refractivity contribution >= 4 is 12.7 Å². The maximum Gasteiger partial charge on any atom is -0.0233 e. The molecule has 0 saturated heterocycles. The largest absolute Gasteiger partial charge is 0.0991 e. The van der Waals surface area contributed by atoms with Crippen molar-refractivity contribution in [3.63, 3.8) is 0 Å². The van der Waals surface area contributed by atoms with Gasteiger partial charge < -0.3 is 0 Å². The minimum Gasteiger partial charge on any atom is -0.0991 e. The Morgan fingerprint density at radius 2 is 1.62 bits per heavy atom. The zero-order chi connectivity index (χ0) is 12.8. The molecule has 0 saturated carbocycles. The topological polar surface area (TPSA) is 0 Å². The first kappa shape index (κ1) is 16.9. The minimum absolute atomic E-state index is 1.10. The van der Waals surface area contributed by atoms with Gasteiger partial charge in [0.1, 0.15) is 0 Å². The van der Waals surface area contributed by atoms with Crippen molar-refractivity contribution in [3.05, 3.63) is 59.5 Å². The van der Waals surface area contributed by atoms with Crippen molar-refractivity contribution in [2.24, 2.45) is 0 Å². The van der Waals surface area contributed by atoms with Gasteiger partial charge in [-0.15, -0.1) is 0 Å². The molecule has 0 nitrogen and oxygen atoms in total. The van der Waals surface area contributed by atoms with Crippen LogP contribution in [-0.2, 0) is 0 Å². The van der Waals surface area contributed by atoms with Crippen LogP contribution >= 0.6 is 0 Å². The number of hydrogen-bond acceptors (Lipinski definition) is 0. The summed E-state index contributed by atoms with van der Waals surface area (Å²) in [5.74, 6) is 0. The number of benzene rings is 1. The molecule has 0 spiro atoms. The molecule has 0 heterocycles. The van der Waals surface area contributed by atoms with E-state index in [0.717, 1.165) is 5.22 Å².